The summed E-state index contributed by atoms with van der Waals surface area (Å²) in [7, 11) is 0. The van der Waals surface area contributed by atoms with Crippen LogP contribution in [0.5, 0.6) is 0 Å². The topological polar surface area (TPSA) is 40.5 Å². The number of hydrogen-bond acceptors (Lipinski definition) is 4. The van der Waals surface area contributed by atoms with Crippen LogP contribution in [0.25, 0.3) is 0 Å². The second-order valence-corrected chi connectivity index (χ2v) is 7.36. The first-order valence-corrected chi connectivity index (χ1v) is 8.56. The Morgan fingerprint density at radius 3 is 2.90 bits per heavy atom. The van der Waals surface area contributed by atoms with Crippen molar-refractivity contribution in [1.82, 2.24) is 4.90 Å². The average molecular weight is 328 g/mol. The molecule has 0 bridgehead atoms. The van der Waals surface area contributed by atoms with Gasteiger partial charge in [0.1, 0.15) is 6.04 Å². The molecule has 0 aromatic carbocycles. The first-order valence-electron chi connectivity index (χ1n) is 6.42. The number of carboxylic acid groups (broad SMARTS) is 1. The molecule has 2 aromatic heterocycles. The van der Waals surface area contributed by atoms with Crippen LogP contribution >= 0.6 is 34.3 Å². The van der Waals surface area contributed by atoms with E-state index in [1.54, 1.807) is 11.3 Å². The third-order valence-corrected chi connectivity index (χ3v) is 5.62. The minimum Gasteiger partial charge on any atom is -0.480 e. The van der Waals surface area contributed by atoms with E-state index in [0.717, 1.165) is 34.2 Å². The summed E-state index contributed by atoms with van der Waals surface area (Å²) in [5.41, 5.74) is 1.15. The van der Waals surface area contributed by atoms with Crippen LogP contribution in [0.1, 0.15) is 29.3 Å². The van der Waals surface area contributed by atoms with Gasteiger partial charge >= 0.3 is 5.97 Å². The summed E-state index contributed by atoms with van der Waals surface area (Å²) in [6, 6.07) is 5.56. The highest BCUT2D eigenvalue weighted by Gasteiger charge is 2.37. The van der Waals surface area contributed by atoms with Crippen molar-refractivity contribution >= 4 is 40.2 Å². The van der Waals surface area contributed by atoms with E-state index in [1.807, 2.05) is 17.5 Å². The van der Waals surface area contributed by atoms with Gasteiger partial charge in [-0.3, -0.25) is 9.69 Å². The number of carboxylic acids is 1. The molecule has 20 heavy (non-hydrogen) atoms. The van der Waals surface area contributed by atoms with Gasteiger partial charge in [-0.05, 0) is 47.4 Å². The van der Waals surface area contributed by atoms with E-state index in [2.05, 4.69) is 16.3 Å². The fraction of sp³-hybridized carbons (Fsp3) is 0.357. The van der Waals surface area contributed by atoms with E-state index in [1.165, 1.54) is 11.3 Å². The maximum absolute atomic E-state index is 11.5. The van der Waals surface area contributed by atoms with Gasteiger partial charge < -0.3 is 5.11 Å². The largest absolute Gasteiger partial charge is 0.480 e. The van der Waals surface area contributed by atoms with Gasteiger partial charge in [-0.2, -0.15) is 11.3 Å². The quantitative estimate of drug-likeness (QED) is 0.919. The van der Waals surface area contributed by atoms with Crippen molar-refractivity contribution < 1.29 is 9.90 Å². The van der Waals surface area contributed by atoms with Crippen LogP contribution in [0.4, 0.5) is 0 Å². The van der Waals surface area contributed by atoms with Gasteiger partial charge in [-0.1, -0.05) is 11.6 Å². The fourth-order valence-corrected chi connectivity index (χ4v) is 4.68. The highest BCUT2D eigenvalue weighted by molar-refractivity contribution is 7.16. The van der Waals surface area contributed by atoms with Crippen molar-refractivity contribution in [3.05, 3.63) is 43.7 Å². The Hall–Kier alpha value is -0.880. The standard InChI is InChI=1S/C14H14ClNO2S2/c15-12-4-3-11(20-12)13(9-5-7-19-8-9)16-6-1-2-10(16)14(17)18/h3-5,7-8,10,13H,1-2,6H2,(H,17,18). The predicted molar refractivity (Wildman–Crippen MR) is 82.9 cm³/mol. The Morgan fingerprint density at radius 1 is 1.45 bits per heavy atom. The number of hydrogen-bond donors (Lipinski definition) is 1. The lowest BCUT2D eigenvalue weighted by atomic mass is 10.1. The second-order valence-electron chi connectivity index (χ2n) is 4.84. The highest BCUT2D eigenvalue weighted by atomic mass is 35.5. The monoisotopic (exact) mass is 327 g/mol. The van der Waals surface area contributed by atoms with Crippen molar-refractivity contribution in [2.75, 3.05) is 6.54 Å². The molecule has 1 N–H and O–H groups in total. The van der Waals surface area contributed by atoms with Crippen molar-refractivity contribution in [3.63, 3.8) is 0 Å². The fourth-order valence-electron chi connectivity index (χ4n) is 2.79. The van der Waals surface area contributed by atoms with Crippen LogP contribution in [0, 0.1) is 0 Å². The molecule has 0 saturated carbocycles. The zero-order chi connectivity index (χ0) is 14.1. The van der Waals surface area contributed by atoms with Crippen LogP contribution in [-0.4, -0.2) is 28.6 Å². The van der Waals surface area contributed by atoms with Gasteiger partial charge in [0.15, 0.2) is 0 Å². The molecule has 0 aliphatic carbocycles. The summed E-state index contributed by atoms with van der Waals surface area (Å²) in [5.74, 6) is -0.731. The number of halogens is 1. The number of carbonyl (C=O) groups is 1. The molecule has 0 radical (unpaired) electrons. The van der Waals surface area contributed by atoms with Crippen molar-refractivity contribution in [2.24, 2.45) is 0 Å². The maximum Gasteiger partial charge on any atom is 0.320 e. The van der Waals surface area contributed by atoms with Crippen molar-refractivity contribution in [2.45, 2.75) is 24.9 Å². The third kappa shape index (κ3) is 2.63. The Labute approximate surface area is 130 Å². The van der Waals surface area contributed by atoms with Gasteiger partial charge in [-0.25, -0.2) is 0 Å². The highest BCUT2D eigenvalue weighted by Crippen LogP contribution is 2.39. The Kier molecular flexibility index (Phi) is 4.12. The number of rotatable bonds is 4. The molecule has 2 aromatic rings. The zero-order valence-electron chi connectivity index (χ0n) is 10.7. The zero-order valence-corrected chi connectivity index (χ0v) is 13.0. The van der Waals surface area contributed by atoms with Crippen molar-refractivity contribution in [1.29, 1.82) is 0 Å². The lowest BCUT2D eigenvalue weighted by molar-refractivity contribution is -0.142. The smallest absolute Gasteiger partial charge is 0.320 e. The van der Waals surface area contributed by atoms with Crippen molar-refractivity contribution in [3.8, 4) is 0 Å². The SMILES string of the molecule is O=C(O)C1CCCN1C(c1ccsc1)c1ccc(Cl)s1. The summed E-state index contributed by atoms with van der Waals surface area (Å²) >= 11 is 9.22. The van der Waals surface area contributed by atoms with Crippen LogP contribution in [0.15, 0.2) is 29.0 Å². The molecule has 1 aliphatic rings. The van der Waals surface area contributed by atoms with Gasteiger partial charge in [-0.15, -0.1) is 11.3 Å². The van der Waals surface area contributed by atoms with Gasteiger partial charge in [0.2, 0.25) is 0 Å². The number of thiophene rings is 2. The lowest BCUT2D eigenvalue weighted by Crippen LogP contribution is -2.38. The molecule has 3 rings (SSSR count). The molecule has 3 nitrogen and oxygen atoms in total. The summed E-state index contributed by atoms with van der Waals surface area (Å²) < 4.78 is 0.742. The first-order chi connectivity index (χ1) is 9.66. The first kappa shape index (κ1) is 14.1. The number of likely N-dealkylation sites (tertiary alicyclic amines) is 1. The Morgan fingerprint density at radius 2 is 2.30 bits per heavy atom. The summed E-state index contributed by atoms with van der Waals surface area (Å²) in [6.45, 7) is 0.812. The molecular formula is C14H14ClNO2S2. The molecule has 1 saturated heterocycles. The van der Waals surface area contributed by atoms with Gasteiger partial charge in [0.05, 0.1) is 10.4 Å². The van der Waals surface area contributed by atoms with E-state index >= 15 is 0 Å². The van der Waals surface area contributed by atoms with Crippen LogP contribution in [0.3, 0.4) is 0 Å². The van der Waals surface area contributed by atoms with E-state index in [-0.39, 0.29) is 6.04 Å². The summed E-state index contributed by atoms with van der Waals surface area (Å²) in [6.07, 6.45) is 1.64. The van der Waals surface area contributed by atoms with E-state index in [9.17, 15) is 9.90 Å². The Balaban J connectivity index is 2.00. The molecule has 106 valence electrons. The van der Waals surface area contributed by atoms with Gasteiger partial charge in [0.25, 0.3) is 0 Å². The molecular weight excluding hydrogens is 314 g/mol. The molecule has 1 aliphatic heterocycles. The molecule has 2 atom stereocenters. The van der Waals surface area contributed by atoms with Gasteiger partial charge in [0, 0.05) is 11.4 Å². The molecule has 3 heterocycles. The van der Waals surface area contributed by atoms with Crippen LogP contribution in [0.2, 0.25) is 4.34 Å². The minimum absolute atomic E-state index is 0.00218. The van der Waals surface area contributed by atoms with E-state index in [4.69, 9.17) is 11.6 Å². The second kappa shape index (κ2) is 5.85. The average Bonchev–Trinajstić information content (AvgIpc) is 3.12. The summed E-state index contributed by atoms with van der Waals surface area (Å²) in [5, 5.41) is 13.5. The predicted octanol–water partition coefficient (Wildman–Crippen LogP) is 4.10. The molecule has 0 amide bonds. The number of nitrogens with zero attached hydrogens (tertiary/aromatic N) is 1. The molecule has 1 fully saturated rings. The lowest BCUT2D eigenvalue weighted by Gasteiger charge is -2.30. The molecule has 0 spiro atoms. The molecule has 6 heteroatoms. The third-order valence-electron chi connectivity index (χ3n) is 3.63. The molecule has 2 unspecified atom stereocenters. The minimum atomic E-state index is -0.731. The van der Waals surface area contributed by atoms with E-state index in [0.29, 0.717) is 0 Å². The number of aliphatic carboxylic acids is 1. The van der Waals surface area contributed by atoms with E-state index < -0.39 is 12.0 Å². The maximum atomic E-state index is 11.5. The Bertz CT molecular complexity index is 596. The van der Waals surface area contributed by atoms with Crippen LogP contribution in [-0.2, 0) is 4.79 Å². The normalized spacial score (nSPS) is 21.1. The summed E-state index contributed by atoms with van der Waals surface area (Å²) in [4.78, 5) is 14.7. The van der Waals surface area contributed by atoms with Crippen LogP contribution < -0.4 is 0 Å².